The average Bonchev–Trinajstić information content (AvgIpc) is 2.87. The fourth-order valence-electron chi connectivity index (χ4n) is 2.60. The highest BCUT2D eigenvalue weighted by Crippen LogP contribution is 2.28. The molecular weight excluding hydrogens is 292 g/mol. The van der Waals surface area contributed by atoms with Crippen LogP contribution in [0.5, 0.6) is 0 Å². The summed E-state index contributed by atoms with van der Waals surface area (Å²) in [6, 6.07) is 7.32. The van der Waals surface area contributed by atoms with Gasteiger partial charge in [-0.2, -0.15) is 0 Å². The third kappa shape index (κ3) is 2.77. The normalized spacial score (nSPS) is 21.4. The summed E-state index contributed by atoms with van der Waals surface area (Å²) in [6.07, 6.45) is 1.70. The Balaban J connectivity index is 1.95. The summed E-state index contributed by atoms with van der Waals surface area (Å²) in [5.74, 6) is -0.648. The summed E-state index contributed by atoms with van der Waals surface area (Å²) in [5, 5.41) is 11.9. The van der Waals surface area contributed by atoms with Crippen LogP contribution in [0.4, 0.5) is 0 Å². The van der Waals surface area contributed by atoms with Crippen LogP contribution in [0.2, 0.25) is 5.02 Å². The summed E-state index contributed by atoms with van der Waals surface area (Å²) in [5.41, 5.74) is 1.94. The van der Waals surface area contributed by atoms with Gasteiger partial charge in [0.15, 0.2) is 0 Å². The van der Waals surface area contributed by atoms with Crippen molar-refractivity contribution in [2.75, 3.05) is 7.11 Å². The van der Waals surface area contributed by atoms with Gasteiger partial charge in [-0.3, -0.25) is 4.79 Å². The van der Waals surface area contributed by atoms with Crippen LogP contribution in [0.25, 0.3) is 0 Å². The maximum Gasteiger partial charge on any atom is 0.312 e. The number of nitrogens with one attached hydrogen (secondary N) is 1. The maximum atomic E-state index is 12.2. The van der Waals surface area contributed by atoms with Crippen molar-refractivity contribution in [3.63, 3.8) is 0 Å². The Kier molecular flexibility index (Phi) is 3.90. The van der Waals surface area contributed by atoms with Gasteiger partial charge >= 0.3 is 5.97 Å². The quantitative estimate of drug-likeness (QED) is 0.853. The average molecular weight is 307 g/mol. The molecular formula is C14H15ClN4O2. The van der Waals surface area contributed by atoms with Crippen LogP contribution in [-0.2, 0) is 22.6 Å². The van der Waals surface area contributed by atoms with Crippen LogP contribution in [0.1, 0.15) is 17.3 Å². The number of hydrogen-bond acceptors (Lipinski definition) is 5. The van der Waals surface area contributed by atoms with Crippen molar-refractivity contribution in [3.8, 4) is 0 Å². The van der Waals surface area contributed by atoms with E-state index in [2.05, 4.69) is 15.6 Å². The first-order chi connectivity index (χ1) is 10.2. The van der Waals surface area contributed by atoms with E-state index in [4.69, 9.17) is 16.3 Å². The summed E-state index contributed by atoms with van der Waals surface area (Å²) >= 11 is 5.93. The zero-order valence-electron chi connectivity index (χ0n) is 11.5. The van der Waals surface area contributed by atoms with E-state index in [1.807, 2.05) is 24.3 Å². The summed E-state index contributed by atoms with van der Waals surface area (Å²) < 4.78 is 6.69. The molecule has 2 heterocycles. The van der Waals surface area contributed by atoms with Gasteiger partial charge in [-0.05, 0) is 17.7 Å². The SMILES string of the molecule is COC(=O)[C@@H]1Cn2nncc2CN[C@H]1c1ccc(Cl)cc1. The number of halogens is 1. The van der Waals surface area contributed by atoms with E-state index in [0.29, 0.717) is 18.1 Å². The van der Waals surface area contributed by atoms with Crippen molar-refractivity contribution >= 4 is 17.6 Å². The molecule has 0 unspecified atom stereocenters. The lowest BCUT2D eigenvalue weighted by Crippen LogP contribution is -2.33. The van der Waals surface area contributed by atoms with Gasteiger partial charge in [-0.25, -0.2) is 4.68 Å². The molecule has 3 rings (SSSR count). The number of fused-ring (bicyclic) bond motifs is 1. The molecule has 2 aromatic rings. The van der Waals surface area contributed by atoms with Gasteiger partial charge in [0.25, 0.3) is 0 Å². The Labute approximate surface area is 127 Å². The number of nitrogens with zero attached hydrogens (tertiary/aromatic N) is 3. The Bertz CT molecular complexity index is 641. The van der Waals surface area contributed by atoms with Crippen LogP contribution in [0, 0.1) is 5.92 Å². The molecule has 1 N–H and O–H groups in total. The summed E-state index contributed by atoms with van der Waals surface area (Å²) in [6.45, 7) is 1.02. The lowest BCUT2D eigenvalue weighted by molar-refractivity contribution is -0.147. The second kappa shape index (κ2) is 5.83. The molecule has 1 aromatic carbocycles. The van der Waals surface area contributed by atoms with E-state index in [0.717, 1.165) is 11.3 Å². The number of methoxy groups -OCH3 is 1. The second-order valence-corrected chi connectivity index (χ2v) is 5.38. The molecule has 0 radical (unpaired) electrons. The highest BCUT2D eigenvalue weighted by molar-refractivity contribution is 6.30. The molecule has 1 aliphatic heterocycles. The van der Waals surface area contributed by atoms with Gasteiger partial charge in [-0.15, -0.1) is 5.10 Å². The summed E-state index contributed by atoms with van der Waals surface area (Å²) in [4.78, 5) is 12.2. The number of esters is 1. The van der Waals surface area contributed by atoms with Crippen LogP contribution in [0.3, 0.4) is 0 Å². The zero-order chi connectivity index (χ0) is 14.8. The number of ether oxygens (including phenoxy) is 1. The van der Waals surface area contributed by atoms with Crippen LogP contribution >= 0.6 is 11.6 Å². The zero-order valence-corrected chi connectivity index (χ0v) is 12.2. The Morgan fingerprint density at radius 2 is 2.19 bits per heavy atom. The number of hydrogen-bond donors (Lipinski definition) is 1. The Morgan fingerprint density at radius 3 is 2.90 bits per heavy atom. The molecule has 6 nitrogen and oxygen atoms in total. The van der Waals surface area contributed by atoms with E-state index in [1.165, 1.54) is 7.11 Å². The van der Waals surface area contributed by atoms with Crippen molar-refractivity contribution in [1.82, 2.24) is 20.3 Å². The molecule has 2 atom stereocenters. The molecule has 0 bridgehead atoms. The molecule has 0 saturated carbocycles. The number of carbonyl (C=O) groups is 1. The largest absolute Gasteiger partial charge is 0.469 e. The third-order valence-corrected chi connectivity index (χ3v) is 3.96. The van der Waals surface area contributed by atoms with Gasteiger partial charge in [0, 0.05) is 17.6 Å². The molecule has 7 heteroatoms. The van der Waals surface area contributed by atoms with E-state index < -0.39 is 0 Å². The fraction of sp³-hybridized carbons (Fsp3) is 0.357. The first-order valence-corrected chi connectivity index (χ1v) is 7.01. The van der Waals surface area contributed by atoms with E-state index in [9.17, 15) is 4.79 Å². The third-order valence-electron chi connectivity index (χ3n) is 3.71. The molecule has 0 fully saturated rings. The molecule has 0 spiro atoms. The van der Waals surface area contributed by atoms with Gasteiger partial charge in [0.1, 0.15) is 0 Å². The minimum absolute atomic E-state index is 0.156. The smallest absolute Gasteiger partial charge is 0.312 e. The summed E-state index contributed by atoms with van der Waals surface area (Å²) in [7, 11) is 1.40. The maximum absolute atomic E-state index is 12.2. The molecule has 110 valence electrons. The highest BCUT2D eigenvalue weighted by atomic mass is 35.5. The van der Waals surface area contributed by atoms with E-state index in [1.54, 1.807) is 10.9 Å². The van der Waals surface area contributed by atoms with E-state index >= 15 is 0 Å². The molecule has 1 aliphatic rings. The molecule has 0 amide bonds. The molecule has 0 aliphatic carbocycles. The first-order valence-electron chi connectivity index (χ1n) is 6.63. The first kappa shape index (κ1) is 14.0. The van der Waals surface area contributed by atoms with Crippen molar-refractivity contribution < 1.29 is 9.53 Å². The van der Waals surface area contributed by atoms with Crippen molar-refractivity contribution in [2.45, 2.75) is 19.1 Å². The van der Waals surface area contributed by atoms with Crippen molar-refractivity contribution in [1.29, 1.82) is 0 Å². The highest BCUT2D eigenvalue weighted by Gasteiger charge is 2.34. The van der Waals surface area contributed by atoms with Gasteiger partial charge in [-0.1, -0.05) is 28.9 Å². The Hall–Kier alpha value is -1.92. The van der Waals surface area contributed by atoms with Gasteiger partial charge < -0.3 is 10.1 Å². The Morgan fingerprint density at radius 1 is 1.43 bits per heavy atom. The molecule has 0 saturated heterocycles. The topological polar surface area (TPSA) is 69.0 Å². The standard InChI is InChI=1S/C14H15ClN4O2/c1-21-14(20)12-8-19-11(7-17-18-19)6-16-13(12)9-2-4-10(15)5-3-9/h2-5,7,12-13,16H,6,8H2,1H3/t12-,13+/m1/s1. The minimum Gasteiger partial charge on any atom is -0.469 e. The molecule has 1 aromatic heterocycles. The monoisotopic (exact) mass is 306 g/mol. The van der Waals surface area contributed by atoms with Gasteiger partial charge in [0.2, 0.25) is 0 Å². The van der Waals surface area contributed by atoms with Crippen molar-refractivity contribution in [2.24, 2.45) is 5.92 Å². The number of benzene rings is 1. The lowest BCUT2D eigenvalue weighted by Gasteiger charge is -2.24. The molecule has 21 heavy (non-hydrogen) atoms. The van der Waals surface area contributed by atoms with Gasteiger partial charge in [0.05, 0.1) is 31.5 Å². The van der Waals surface area contributed by atoms with Crippen molar-refractivity contribution in [3.05, 3.63) is 46.7 Å². The number of aromatic nitrogens is 3. The fourth-order valence-corrected chi connectivity index (χ4v) is 2.73. The van der Waals surface area contributed by atoms with Crippen LogP contribution < -0.4 is 5.32 Å². The second-order valence-electron chi connectivity index (χ2n) is 4.95. The number of carbonyl (C=O) groups excluding carboxylic acids is 1. The number of rotatable bonds is 2. The minimum atomic E-state index is -0.376. The van der Waals surface area contributed by atoms with E-state index in [-0.39, 0.29) is 17.9 Å². The lowest BCUT2D eigenvalue weighted by atomic mass is 9.93. The predicted molar refractivity (Wildman–Crippen MR) is 76.6 cm³/mol. The van der Waals surface area contributed by atoms with Crippen LogP contribution in [0.15, 0.2) is 30.5 Å². The van der Waals surface area contributed by atoms with Crippen LogP contribution in [-0.4, -0.2) is 28.1 Å². The predicted octanol–water partition coefficient (Wildman–Crippen LogP) is 1.57.